The molecule has 0 saturated heterocycles. The Bertz CT molecular complexity index is 2280. The Kier molecular flexibility index (Phi) is 8.93. The van der Waals surface area contributed by atoms with E-state index in [1.165, 1.54) is 25.0 Å². The van der Waals surface area contributed by atoms with Crippen molar-refractivity contribution in [2.75, 3.05) is 18.0 Å². The summed E-state index contributed by atoms with van der Waals surface area (Å²) in [6.07, 6.45) is 6.71. The first-order valence-electron chi connectivity index (χ1n) is 16.7. The molecule has 2 N–H and O–H groups in total. The van der Waals surface area contributed by atoms with Gasteiger partial charge in [-0.15, -0.1) is 0 Å². The topological polar surface area (TPSA) is 115 Å². The Labute approximate surface area is 290 Å². The fourth-order valence-corrected chi connectivity index (χ4v) is 8.51. The third-order valence-electron chi connectivity index (χ3n) is 10.6. The highest BCUT2D eigenvalue weighted by Gasteiger charge is 2.46. The smallest absolute Gasteiger partial charge is 0.267 e. The van der Waals surface area contributed by atoms with E-state index in [0.29, 0.717) is 13.1 Å². The lowest BCUT2D eigenvalue weighted by molar-refractivity contribution is -0.438. The molecule has 2 atom stereocenters. The summed E-state index contributed by atoms with van der Waals surface area (Å²) >= 11 is 0. The minimum Gasteiger partial charge on any atom is -0.344 e. The van der Waals surface area contributed by atoms with Gasteiger partial charge in [-0.25, -0.2) is 0 Å². The Morgan fingerprint density at radius 1 is 0.735 bits per heavy atom. The molecule has 4 aromatic rings. The van der Waals surface area contributed by atoms with Crippen molar-refractivity contribution < 1.29 is 30.5 Å². The molecular formula is C39H45N2O6S2+. The summed E-state index contributed by atoms with van der Waals surface area (Å²) < 4.78 is 69.5. The molecule has 0 spiro atoms. The van der Waals surface area contributed by atoms with Crippen LogP contribution in [0.5, 0.6) is 0 Å². The molecule has 0 bridgehead atoms. The van der Waals surface area contributed by atoms with E-state index >= 15 is 0 Å². The van der Waals surface area contributed by atoms with Crippen LogP contribution in [0.25, 0.3) is 21.5 Å². The first kappa shape index (κ1) is 35.0. The lowest BCUT2D eigenvalue weighted by atomic mass is 9.79. The van der Waals surface area contributed by atoms with Gasteiger partial charge in [0.05, 0.1) is 15.9 Å². The monoisotopic (exact) mass is 701 g/mol. The molecule has 4 aromatic carbocycles. The molecule has 2 heterocycles. The van der Waals surface area contributed by atoms with Crippen molar-refractivity contribution in [3.63, 3.8) is 0 Å². The fourth-order valence-electron chi connectivity index (χ4n) is 7.70. The van der Waals surface area contributed by atoms with E-state index in [9.17, 15) is 25.9 Å². The molecule has 0 saturated carbocycles. The average Bonchev–Trinajstić information content (AvgIpc) is 3.39. The van der Waals surface area contributed by atoms with Gasteiger partial charge in [-0.2, -0.15) is 21.4 Å². The van der Waals surface area contributed by atoms with E-state index in [-0.39, 0.29) is 12.8 Å². The standard InChI is InChI=1S/C39H44N2O6S2/c1-26(48(42,43)44)22-24-40-32-20-18-28-12-7-9-14-30(28)36(32)38(3,4)34(40)16-11-17-35-39(5,6)37-31-15-10-8-13-29(31)19-21-33(37)41(35)25-23-27(2)49(45,46)47/h7-21,26-27H,22-25H2,1-6H3,(H-,42,43,44,45,46,47)/p+1. The summed E-state index contributed by atoms with van der Waals surface area (Å²) in [4.78, 5) is 2.17. The third-order valence-corrected chi connectivity index (χ3v) is 13.1. The van der Waals surface area contributed by atoms with E-state index in [1.807, 2.05) is 30.3 Å². The molecule has 0 aromatic heterocycles. The molecule has 49 heavy (non-hydrogen) atoms. The van der Waals surface area contributed by atoms with Gasteiger partial charge in [0.25, 0.3) is 20.2 Å². The zero-order valence-electron chi connectivity index (χ0n) is 28.9. The van der Waals surface area contributed by atoms with Gasteiger partial charge in [0.15, 0.2) is 12.3 Å². The van der Waals surface area contributed by atoms with Gasteiger partial charge in [0.2, 0.25) is 5.69 Å². The number of allylic oxidation sites excluding steroid dienone is 4. The van der Waals surface area contributed by atoms with Crippen LogP contribution in [-0.4, -0.2) is 59.8 Å². The summed E-state index contributed by atoms with van der Waals surface area (Å²) in [7, 11) is -8.37. The highest BCUT2D eigenvalue weighted by Crippen LogP contribution is 2.51. The number of hydrogen-bond acceptors (Lipinski definition) is 5. The SMILES string of the molecule is CC(CCN1C(=CC=CC2=[N+](CCC(C)S(=O)(=O)O)c3ccc4ccccc4c3C2(C)C)C(C)(C)c2c1ccc1ccccc21)S(=O)(=O)O. The summed E-state index contributed by atoms with van der Waals surface area (Å²) in [5.41, 5.74) is 5.51. The van der Waals surface area contributed by atoms with E-state index in [4.69, 9.17) is 0 Å². The van der Waals surface area contributed by atoms with Gasteiger partial charge < -0.3 is 4.90 Å². The molecule has 2 aliphatic heterocycles. The summed E-state index contributed by atoms with van der Waals surface area (Å²) in [5, 5.41) is 2.69. The predicted octanol–water partition coefficient (Wildman–Crippen LogP) is 7.94. The predicted molar refractivity (Wildman–Crippen MR) is 200 cm³/mol. The van der Waals surface area contributed by atoms with Crippen molar-refractivity contribution in [2.24, 2.45) is 0 Å². The molecule has 10 heteroatoms. The van der Waals surface area contributed by atoms with E-state index in [0.717, 1.165) is 44.3 Å². The van der Waals surface area contributed by atoms with Gasteiger partial charge in [-0.1, -0.05) is 74.5 Å². The van der Waals surface area contributed by atoms with Gasteiger partial charge in [-0.3, -0.25) is 9.11 Å². The second-order valence-electron chi connectivity index (χ2n) is 14.4. The summed E-state index contributed by atoms with van der Waals surface area (Å²) in [5.74, 6) is 0. The van der Waals surface area contributed by atoms with Gasteiger partial charge in [0.1, 0.15) is 0 Å². The van der Waals surface area contributed by atoms with Crippen molar-refractivity contribution in [3.8, 4) is 0 Å². The largest absolute Gasteiger partial charge is 0.344 e. The molecule has 8 nitrogen and oxygen atoms in total. The number of benzene rings is 4. The fraction of sp³-hybridized carbons (Fsp3) is 0.359. The van der Waals surface area contributed by atoms with Crippen LogP contribution in [0.4, 0.5) is 11.4 Å². The Morgan fingerprint density at radius 2 is 1.29 bits per heavy atom. The number of anilines is 1. The normalized spacial score (nSPS) is 19.3. The van der Waals surface area contributed by atoms with E-state index in [2.05, 4.69) is 97.9 Å². The lowest BCUT2D eigenvalue weighted by Crippen LogP contribution is -2.30. The maximum atomic E-state index is 12.0. The maximum Gasteiger partial charge on any atom is 0.267 e. The number of rotatable bonds is 10. The third kappa shape index (κ3) is 6.24. The molecule has 2 aliphatic rings. The highest BCUT2D eigenvalue weighted by atomic mass is 32.2. The van der Waals surface area contributed by atoms with Crippen LogP contribution in [0.2, 0.25) is 0 Å². The molecule has 0 amide bonds. The minimum atomic E-state index is -4.19. The van der Waals surface area contributed by atoms with Crippen molar-refractivity contribution in [3.05, 3.63) is 108 Å². The lowest BCUT2D eigenvalue weighted by Gasteiger charge is -2.27. The maximum absolute atomic E-state index is 12.0. The van der Waals surface area contributed by atoms with Crippen molar-refractivity contribution in [1.29, 1.82) is 0 Å². The molecular weight excluding hydrogens is 657 g/mol. The highest BCUT2D eigenvalue weighted by molar-refractivity contribution is 7.86. The van der Waals surface area contributed by atoms with E-state index < -0.39 is 41.6 Å². The molecule has 0 aliphatic carbocycles. The van der Waals surface area contributed by atoms with Crippen LogP contribution in [0.3, 0.4) is 0 Å². The van der Waals surface area contributed by atoms with Crippen LogP contribution in [0, 0.1) is 0 Å². The second-order valence-corrected chi connectivity index (χ2v) is 18.1. The number of nitrogens with zero attached hydrogens (tertiary/aromatic N) is 2. The molecule has 0 fully saturated rings. The number of fused-ring (bicyclic) bond motifs is 6. The second kappa shape index (κ2) is 12.5. The Balaban J connectivity index is 1.47. The Morgan fingerprint density at radius 3 is 1.90 bits per heavy atom. The van der Waals surface area contributed by atoms with Crippen LogP contribution in [-0.2, 0) is 31.1 Å². The first-order valence-corrected chi connectivity index (χ1v) is 19.7. The van der Waals surface area contributed by atoms with Crippen LogP contribution in [0.1, 0.15) is 65.5 Å². The average molecular weight is 702 g/mol. The van der Waals surface area contributed by atoms with Crippen molar-refractivity contribution in [1.82, 2.24) is 0 Å². The number of hydrogen-bond donors (Lipinski definition) is 2. The molecule has 258 valence electrons. The van der Waals surface area contributed by atoms with Crippen molar-refractivity contribution in [2.45, 2.75) is 75.7 Å². The van der Waals surface area contributed by atoms with Gasteiger partial charge >= 0.3 is 0 Å². The summed E-state index contributed by atoms with van der Waals surface area (Å²) in [6, 6.07) is 24.9. The first-order chi connectivity index (χ1) is 22.9. The van der Waals surface area contributed by atoms with Crippen LogP contribution in [0.15, 0.2) is 96.7 Å². The molecule has 2 unspecified atom stereocenters. The van der Waals surface area contributed by atoms with Crippen LogP contribution < -0.4 is 4.90 Å². The Hall–Kier alpha value is -3.83. The van der Waals surface area contributed by atoms with Crippen LogP contribution >= 0.6 is 0 Å². The van der Waals surface area contributed by atoms with E-state index in [1.54, 1.807) is 0 Å². The quantitative estimate of drug-likeness (QED) is 0.127. The minimum absolute atomic E-state index is 0.245. The zero-order chi connectivity index (χ0) is 35.5. The zero-order valence-corrected chi connectivity index (χ0v) is 30.5. The van der Waals surface area contributed by atoms with Gasteiger partial charge in [0, 0.05) is 47.5 Å². The summed E-state index contributed by atoms with van der Waals surface area (Å²) in [6.45, 7) is 12.6. The molecule has 6 rings (SSSR count). The van der Waals surface area contributed by atoms with Gasteiger partial charge in [-0.05, 0) is 79.4 Å². The molecule has 0 radical (unpaired) electrons. The van der Waals surface area contributed by atoms with Crippen molar-refractivity contribution >= 4 is 58.9 Å².